The minimum atomic E-state index is 0.168. The lowest BCUT2D eigenvalue weighted by atomic mass is 10.1. The van der Waals surface area contributed by atoms with E-state index in [4.69, 9.17) is 4.52 Å². The van der Waals surface area contributed by atoms with Gasteiger partial charge in [-0.15, -0.1) is 0 Å². The predicted octanol–water partition coefficient (Wildman–Crippen LogP) is 2.77. The molecule has 0 bridgehead atoms. The van der Waals surface area contributed by atoms with Crippen molar-refractivity contribution in [3.05, 3.63) is 30.0 Å². The Bertz CT molecular complexity index is 568. The molecule has 1 fully saturated rings. The largest absolute Gasteiger partial charge is 0.356 e. The van der Waals surface area contributed by atoms with Gasteiger partial charge in [0.2, 0.25) is 5.91 Å². The first-order chi connectivity index (χ1) is 9.34. The molecule has 0 radical (unpaired) electrons. The van der Waals surface area contributed by atoms with Crippen molar-refractivity contribution < 1.29 is 9.32 Å². The standard InChI is InChI=1S/C15H18N2O2/c18-15(17-9-5-1-2-6-10-17)11-13-12-7-3-4-8-14(12)19-16-13/h3-4,7-8H,1-2,5-6,9-11H2. The maximum Gasteiger partial charge on any atom is 0.228 e. The number of carbonyl (C=O) groups is 1. The Labute approximate surface area is 112 Å². The minimum absolute atomic E-state index is 0.168. The van der Waals surface area contributed by atoms with E-state index in [-0.39, 0.29) is 5.91 Å². The fourth-order valence-electron chi connectivity index (χ4n) is 2.64. The Kier molecular flexibility index (Phi) is 3.49. The van der Waals surface area contributed by atoms with Crippen molar-refractivity contribution >= 4 is 16.9 Å². The van der Waals surface area contributed by atoms with Crippen LogP contribution in [0.25, 0.3) is 11.0 Å². The van der Waals surface area contributed by atoms with Crippen LogP contribution in [0.5, 0.6) is 0 Å². The molecule has 4 heteroatoms. The maximum atomic E-state index is 12.3. The molecule has 0 atom stereocenters. The van der Waals surface area contributed by atoms with Gasteiger partial charge < -0.3 is 9.42 Å². The van der Waals surface area contributed by atoms with E-state index in [2.05, 4.69) is 5.16 Å². The monoisotopic (exact) mass is 258 g/mol. The molecule has 4 nitrogen and oxygen atoms in total. The van der Waals surface area contributed by atoms with Crippen molar-refractivity contribution in [2.75, 3.05) is 13.1 Å². The molecule has 1 amide bonds. The number of hydrogen-bond donors (Lipinski definition) is 0. The number of hydrogen-bond acceptors (Lipinski definition) is 3. The molecule has 0 saturated carbocycles. The third-order valence-electron chi connectivity index (χ3n) is 3.73. The molecule has 1 aromatic carbocycles. The third-order valence-corrected chi connectivity index (χ3v) is 3.73. The van der Waals surface area contributed by atoms with E-state index in [1.54, 1.807) is 0 Å². The number of carbonyl (C=O) groups excluding carboxylic acids is 1. The zero-order valence-corrected chi connectivity index (χ0v) is 11.0. The van der Waals surface area contributed by atoms with Gasteiger partial charge >= 0.3 is 0 Å². The van der Waals surface area contributed by atoms with Gasteiger partial charge in [-0.1, -0.05) is 30.1 Å². The van der Waals surface area contributed by atoms with Gasteiger partial charge in [-0.3, -0.25) is 4.79 Å². The number of nitrogens with zero attached hydrogens (tertiary/aromatic N) is 2. The predicted molar refractivity (Wildman–Crippen MR) is 72.8 cm³/mol. The molecule has 1 saturated heterocycles. The van der Waals surface area contributed by atoms with Crippen LogP contribution in [0.2, 0.25) is 0 Å². The topological polar surface area (TPSA) is 46.3 Å². The number of likely N-dealkylation sites (tertiary alicyclic amines) is 1. The average Bonchev–Trinajstić information content (AvgIpc) is 2.66. The lowest BCUT2D eigenvalue weighted by Gasteiger charge is -2.19. The van der Waals surface area contributed by atoms with Crippen LogP contribution < -0.4 is 0 Å². The summed E-state index contributed by atoms with van der Waals surface area (Å²) in [6, 6.07) is 7.69. The van der Waals surface area contributed by atoms with Crippen LogP contribution in [0.4, 0.5) is 0 Å². The fourth-order valence-corrected chi connectivity index (χ4v) is 2.64. The second kappa shape index (κ2) is 5.43. The van der Waals surface area contributed by atoms with Crippen LogP contribution in [-0.2, 0) is 11.2 Å². The molecule has 0 spiro atoms. The first-order valence-electron chi connectivity index (χ1n) is 6.95. The SMILES string of the molecule is O=C(Cc1noc2ccccc12)N1CCCCCC1. The molecule has 2 heterocycles. The number of fused-ring (bicyclic) bond motifs is 1. The summed E-state index contributed by atoms with van der Waals surface area (Å²) in [6.45, 7) is 1.77. The van der Waals surface area contributed by atoms with Crippen LogP contribution in [0.15, 0.2) is 28.8 Å². The zero-order chi connectivity index (χ0) is 13.1. The molecule has 1 aliphatic rings. The number of rotatable bonds is 2. The lowest BCUT2D eigenvalue weighted by Crippen LogP contribution is -2.33. The van der Waals surface area contributed by atoms with E-state index in [9.17, 15) is 4.79 Å². The van der Waals surface area contributed by atoms with E-state index in [1.165, 1.54) is 12.8 Å². The highest BCUT2D eigenvalue weighted by Crippen LogP contribution is 2.19. The van der Waals surface area contributed by atoms with E-state index in [1.807, 2.05) is 29.2 Å². The molecule has 0 aliphatic carbocycles. The first kappa shape index (κ1) is 12.2. The van der Waals surface area contributed by atoms with Crippen LogP contribution in [0, 0.1) is 0 Å². The molecule has 3 rings (SSSR count). The third kappa shape index (κ3) is 2.62. The zero-order valence-electron chi connectivity index (χ0n) is 11.0. The van der Waals surface area contributed by atoms with Crippen molar-refractivity contribution in [3.63, 3.8) is 0 Å². The van der Waals surface area contributed by atoms with Crippen molar-refractivity contribution in [1.29, 1.82) is 0 Å². The summed E-state index contributed by atoms with van der Waals surface area (Å²) in [5, 5.41) is 4.98. The first-order valence-corrected chi connectivity index (χ1v) is 6.95. The molecule has 19 heavy (non-hydrogen) atoms. The molecule has 2 aromatic rings. The van der Waals surface area contributed by atoms with Gasteiger partial charge in [0.1, 0.15) is 5.69 Å². The highest BCUT2D eigenvalue weighted by molar-refractivity contribution is 5.86. The number of benzene rings is 1. The van der Waals surface area contributed by atoms with Crippen LogP contribution in [-0.4, -0.2) is 29.1 Å². The molecular weight excluding hydrogens is 240 g/mol. The Morgan fingerprint density at radius 2 is 1.89 bits per heavy atom. The summed E-state index contributed by atoms with van der Waals surface area (Å²) in [6.07, 6.45) is 5.04. The second-order valence-corrected chi connectivity index (χ2v) is 5.10. The molecule has 1 aliphatic heterocycles. The molecule has 0 unspecified atom stereocenters. The van der Waals surface area contributed by atoms with Gasteiger partial charge in [0.25, 0.3) is 0 Å². The van der Waals surface area contributed by atoms with Gasteiger partial charge in [0.15, 0.2) is 5.58 Å². The van der Waals surface area contributed by atoms with Crippen LogP contribution in [0.1, 0.15) is 31.4 Å². The lowest BCUT2D eigenvalue weighted by molar-refractivity contribution is -0.130. The normalized spacial score (nSPS) is 16.5. The smallest absolute Gasteiger partial charge is 0.228 e. The summed E-state index contributed by atoms with van der Waals surface area (Å²) < 4.78 is 5.24. The average molecular weight is 258 g/mol. The highest BCUT2D eigenvalue weighted by atomic mass is 16.5. The Hall–Kier alpha value is -1.84. The van der Waals surface area contributed by atoms with E-state index in [0.717, 1.165) is 42.6 Å². The summed E-state index contributed by atoms with van der Waals surface area (Å²) in [7, 11) is 0. The van der Waals surface area contributed by atoms with Crippen molar-refractivity contribution in [2.24, 2.45) is 0 Å². The maximum absolute atomic E-state index is 12.3. The Balaban J connectivity index is 1.75. The van der Waals surface area contributed by atoms with Gasteiger partial charge in [-0.25, -0.2) is 0 Å². The Morgan fingerprint density at radius 1 is 1.16 bits per heavy atom. The van der Waals surface area contributed by atoms with E-state index >= 15 is 0 Å². The van der Waals surface area contributed by atoms with Gasteiger partial charge in [-0.2, -0.15) is 0 Å². The summed E-state index contributed by atoms with van der Waals surface area (Å²) in [4.78, 5) is 14.3. The molecule has 1 aromatic heterocycles. The quantitative estimate of drug-likeness (QED) is 0.832. The summed E-state index contributed by atoms with van der Waals surface area (Å²) in [5.41, 5.74) is 1.51. The Morgan fingerprint density at radius 3 is 2.68 bits per heavy atom. The fraction of sp³-hybridized carbons (Fsp3) is 0.467. The summed E-state index contributed by atoms with van der Waals surface area (Å²) >= 11 is 0. The van der Waals surface area contributed by atoms with Crippen molar-refractivity contribution in [1.82, 2.24) is 10.1 Å². The van der Waals surface area contributed by atoms with Crippen LogP contribution in [0.3, 0.4) is 0 Å². The number of amides is 1. The second-order valence-electron chi connectivity index (χ2n) is 5.10. The van der Waals surface area contributed by atoms with Crippen LogP contribution >= 0.6 is 0 Å². The number of aromatic nitrogens is 1. The van der Waals surface area contributed by atoms with Gasteiger partial charge in [0, 0.05) is 18.5 Å². The van der Waals surface area contributed by atoms with Crippen molar-refractivity contribution in [3.8, 4) is 0 Å². The van der Waals surface area contributed by atoms with E-state index in [0.29, 0.717) is 6.42 Å². The molecule has 0 N–H and O–H groups in total. The molecular formula is C15H18N2O2. The van der Waals surface area contributed by atoms with E-state index < -0.39 is 0 Å². The van der Waals surface area contributed by atoms with Crippen molar-refractivity contribution in [2.45, 2.75) is 32.1 Å². The molecule has 100 valence electrons. The van der Waals surface area contributed by atoms with Gasteiger partial charge in [-0.05, 0) is 25.0 Å². The van der Waals surface area contributed by atoms with Gasteiger partial charge in [0.05, 0.1) is 6.42 Å². The minimum Gasteiger partial charge on any atom is -0.356 e. The highest BCUT2D eigenvalue weighted by Gasteiger charge is 2.18. The number of para-hydroxylation sites is 1. The summed E-state index contributed by atoms with van der Waals surface area (Å²) in [5.74, 6) is 0.168.